The molecule has 18 heavy (non-hydrogen) atoms. The third-order valence-electron chi connectivity index (χ3n) is 3.70. The molecule has 0 amide bonds. The second kappa shape index (κ2) is 4.60. The topological polar surface area (TPSA) is 62.3 Å². The predicted molar refractivity (Wildman–Crippen MR) is 68.2 cm³/mol. The number of nitrogens with one attached hydrogen (secondary N) is 1. The standard InChI is InChI=1S/C12H17N3O2S/c16-18(17,15-7-2-8-15)14-12-4-1-3-10-9-13-6-5-11(10)12/h5-6,9,12,14H,1-4,7-8H2. The molecule has 1 atom stereocenters. The summed E-state index contributed by atoms with van der Waals surface area (Å²) in [7, 11) is -3.30. The van der Waals surface area contributed by atoms with E-state index in [9.17, 15) is 8.42 Å². The Labute approximate surface area is 107 Å². The van der Waals surface area contributed by atoms with Crippen LogP contribution in [-0.2, 0) is 16.6 Å². The van der Waals surface area contributed by atoms with Crippen LogP contribution in [0.1, 0.15) is 36.4 Å². The van der Waals surface area contributed by atoms with E-state index in [4.69, 9.17) is 0 Å². The summed E-state index contributed by atoms with van der Waals surface area (Å²) in [5.41, 5.74) is 2.25. The Kier molecular flexibility index (Phi) is 3.09. The molecule has 2 heterocycles. The molecule has 1 aliphatic carbocycles. The predicted octanol–water partition coefficient (Wildman–Crippen LogP) is 0.999. The first-order valence-electron chi connectivity index (χ1n) is 6.37. The van der Waals surface area contributed by atoms with Gasteiger partial charge in [0, 0.05) is 31.5 Å². The van der Waals surface area contributed by atoms with E-state index in [-0.39, 0.29) is 6.04 Å². The lowest BCUT2D eigenvalue weighted by atomic mass is 9.90. The fraction of sp³-hybridized carbons (Fsp3) is 0.583. The van der Waals surface area contributed by atoms with Crippen LogP contribution in [0.2, 0.25) is 0 Å². The first kappa shape index (κ1) is 12.1. The maximum atomic E-state index is 12.1. The van der Waals surface area contributed by atoms with Gasteiger partial charge in [0.1, 0.15) is 0 Å². The molecular formula is C12H17N3O2S. The van der Waals surface area contributed by atoms with E-state index in [0.717, 1.165) is 31.2 Å². The summed E-state index contributed by atoms with van der Waals surface area (Å²) >= 11 is 0. The minimum Gasteiger partial charge on any atom is -0.264 e. The van der Waals surface area contributed by atoms with Gasteiger partial charge >= 0.3 is 0 Å². The lowest BCUT2D eigenvalue weighted by Crippen LogP contribution is -2.49. The molecule has 0 bridgehead atoms. The fourth-order valence-electron chi connectivity index (χ4n) is 2.54. The number of nitrogens with zero attached hydrogens (tertiary/aromatic N) is 2. The zero-order valence-electron chi connectivity index (χ0n) is 10.2. The van der Waals surface area contributed by atoms with E-state index in [1.54, 1.807) is 6.20 Å². The van der Waals surface area contributed by atoms with Crippen molar-refractivity contribution in [1.29, 1.82) is 0 Å². The summed E-state index contributed by atoms with van der Waals surface area (Å²) in [5.74, 6) is 0. The highest BCUT2D eigenvalue weighted by atomic mass is 32.2. The molecule has 0 aromatic carbocycles. The van der Waals surface area contributed by atoms with Crippen LogP contribution in [0.15, 0.2) is 18.5 Å². The highest BCUT2D eigenvalue weighted by Crippen LogP contribution is 2.30. The SMILES string of the molecule is O=S(=O)(NC1CCCc2cnccc21)N1CCC1. The van der Waals surface area contributed by atoms with Gasteiger partial charge in [0.2, 0.25) is 0 Å². The number of aryl methyl sites for hydroxylation is 1. The molecular weight excluding hydrogens is 250 g/mol. The van der Waals surface area contributed by atoms with Crippen LogP contribution in [0.3, 0.4) is 0 Å². The van der Waals surface area contributed by atoms with Crippen molar-refractivity contribution in [2.24, 2.45) is 0 Å². The summed E-state index contributed by atoms with van der Waals surface area (Å²) in [6.07, 6.45) is 7.40. The molecule has 1 fully saturated rings. The monoisotopic (exact) mass is 267 g/mol. The van der Waals surface area contributed by atoms with Gasteiger partial charge in [0.15, 0.2) is 0 Å². The second-order valence-electron chi connectivity index (χ2n) is 4.89. The minimum absolute atomic E-state index is 0.0950. The van der Waals surface area contributed by atoms with Crippen molar-refractivity contribution in [2.45, 2.75) is 31.7 Å². The van der Waals surface area contributed by atoms with Gasteiger partial charge in [0.25, 0.3) is 10.2 Å². The average molecular weight is 267 g/mol. The Morgan fingerprint density at radius 3 is 2.89 bits per heavy atom. The Balaban J connectivity index is 1.82. The molecule has 1 aliphatic heterocycles. The molecule has 0 saturated carbocycles. The van der Waals surface area contributed by atoms with Crippen LogP contribution >= 0.6 is 0 Å². The van der Waals surface area contributed by atoms with Crippen molar-refractivity contribution < 1.29 is 8.42 Å². The zero-order chi connectivity index (χ0) is 12.6. The van der Waals surface area contributed by atoms with Crippen LogP contribution in [0.25, 0.3) is 0 Å². The molecule has 3 rings (SSSR count). The van der Waals surface area contributed by atoms with Gasteiger partial charge in [-0.1, -0.05) is 0 Å². The molecule has 1 N–H and O–H groups in total. The summed E-state index contributed by atoms with van der Waals surface area (Å²) in [5, 5.41) is 0. The first-order valence-corrected chi connectivity index (χ1v) is 7.81. The number of hydrogen-bond donors (Lipinski definition) is 1. The summed E-state index contributed by atoms with van der Waals surface area (Å²) in [4.78, 5) is 4.10. The summed E-state index contributed by atoms with van der Waals surface area (Å²) in [6.45, 7) is 1.29. The van der Waals surface area contributed by atoms with Crippen LogP contribution in [0, 0.1) is 0 Å². The summed E-state index contributed by atoms with van der Waals surface area (Å²) in [6, 6.07) is 1.83. The quantitative estimate of drug-likeness (QED) is 0.888. The van der Waals surface area contributed by atoms with Gasteiger partial charge in [-0.2, -0.15) is 17.4 Å². The molecule has 1 aromatic heterocycles. The van der Waals surface area contributed by atoms with E-state index in [0.29, 0.717) is 13.1 Å². The second-order valence-corrected chi connectivity index (χ2v) is 6.60. The van der Waals surface area contributed by atoms with Crippen molar-refractivity contribution >= 4 is 10.2 Å². The van der Waals surface area contributed by atoms with Crippen molar-refractivity contribution in [3.63, 3.8) is 0 Å². The molecule has 6 heteroatoms. The Hall–Kier alpha value is -0.980. The van der Waals surface area contributed by atoms with Gasteiger partial charge in [-0.25, -0.2) is 0 Å². The molecule has 1 saturated heterocycles. The van der Waals surface area contributed by atoms with Gasteiger partial charge in [-0.15, -0.1) is 0 Å². The third-order valence-corrected chi connectivity index (χ3v) is 5.33. The lowest BCUT2D eigenvalue weighted by molar-refractivity contribution is 0.300. The first-order chi connectivity index (χ1) is 8.67. The van der Waals surface area contributed by atoms with Crippen molar-refractivity contribution in [2.75, 3.05) is 13.1 Å². The Bertz CT molecular complexity index is 540. The molecule has 1 aromatic rings. The average Bonchev–Trinajstić information content (AvgIpc) is 2.26. The number of pyridine rings is 1. The van der Waals surface area contributed by atoms with Crippen LogP contribution < -0.4 is 4.72 Å². The zero-order valence-corrected chi connectivity index (χ0v) is 11.0. The molecule has 0 spiro atoms. The molecule has 98 valence electrons. The number of fused-ring (bicyclic) bond motifs is 1. The Morgan fingerprint density at radius 1 is 1.33 bits per heavy atom. The highest BCUT2D eigenvalue weighted by Gasteiger charge is 2.31. The molecule has 0 radical (unpaired) electrons. The number of aromatic nitrogens is 1. The van der Waals surface area contributed by atoms with Crippen LogP contribution in [0.4, 0.5) is 0 Å². The van der Waals surface area contributed by atoms with Crippen LogP contribution in [0.5, 0.6) is 0 Å². The Morgan fingerprint density at radius 2 is 2.17 bits per heavy atom. The van der Waals surface area contributed by atoms with Gasteiger partial charge < -0.3 is 0 Å². The van der Waals surface area contributed by atoms with E-state index < -0.39 is 10.2 Å². The molecule has 2 aliphatic rings. The number of hydrogen-bond acceptors (Lipinski definition) is 3. The maximum absolute atomic E-state index is 12.1. The summed E-state index contributed by atoms with van der Waals surface area (Å²) < 4.78 is 28.5. The highest BCUT2D eigenvalue weighted by molar-refractivity contribution is 7.87. The van der Waals surface area contributed by atoms with E-state index in [2.05, 4.69) is 9.71 Å². The van der Waals surface area contributed by atoms with Crippen molar-refractivity contribution in [3.8, 4) is 0 Å². The van der Waals surface area contributed by atoms with E-state index in [1.165, 1.54) is 9.87 Å². The van der Waals surface area contributed by atoms with Gasteiger partial charge in [0.05, 0.1) is 0 Å². The largest absolute Gasteiger partial charge is 0.280 e. The van der Waals surface area contributed by atoms with Crippen molar-refractivity contribution in [3.05, 3.63) is 29.6 Å². The van der Waals surface area contributed by atoms with E-state index >= 15 is 0 Å². The molecule has 5 nitrogen and oxygen atoms in total. The van der Waals surface area contributed by atoms with E-state index in [1.807, 2.05) is 12.3 Å². The lowest BCUT2D eigenvalue weighted by Gasteiger charge is -2.33. The minimum atomic E-state index is -3.30. The van der Waals surface area contributed by atoms with Crippen LogP contribution in [-0.4, -0.2) is 30.8 Å². The fourth-order valence-corrected chi connectivity index (χ4v) is 4.04. The molecule has 1 unspecified atom stereocenters. The number of rotatable bonds is 3. The van der Waals surface area contributed by atoms with Crippen molar-refractivity contribution in [1.82, 2.24) is 14.0 Å². The van der Waals surface area contributed by atoms with Gasteiger partial charge in [-0.05, 0) is 42.9 Å². The van der Waals surface area contributed by atoms with Gasteiger partial charge in [-0.3, -0.25) is 4.98 Å². The normalized spacial score (nSPS) is 24.3. The smallest absolute Gasteiger partial charge is 0.264 e. The third kappa shape index (κ3) is 2.15. The maximum Gasteiger partial charge on any atom is 0.280 e.